The molecule has 27 heavy (non-hydrogen) atoms. The first-order chi connectivity index (χ1) is 12.7. The molecule has 2 aromatic rings. The summed E-state index contributed by atoms with van der Waals surface area (Å²) in [5.41, 5.74) is -0.461. The number of nitrogens with zero attached hydrogens (tertiary/aromatic N) is 2. The summed E-state index contributed by atoms with van der Waals surface area (Å²) < 4.78 is 38.5. The van der Waals surface area contributed by atoms with Gasteiger partial charge in [-0.3, -0.25) is 14.9 Å². The van der Waals surface area contributed by atoms with E-state index >= 15 is 0 Å². The average Bonchev–Trinajstić information content (AvgIpc) is 3.46. The number of alkyl halides is 3. The number of aromatic nitrogens is 2. The molecule has 1 unspecified atom stereocenters. The number of hydrogen-bond acceptors (Lipinski definition) is 4. The Labute approximate surface area is 153 Å². The molecule has 2 N–H and O–H groups in total. The third kappa shape index (κ3) is 4.81. The van der Waals surface area contributed by atoms with Crippen LogP contribution in [0.5, 0.6) is 0 Å². The van der Waals surface area contributed by atoms with Gasteiger partial charge in [0.2, 0.25) is 11.9 Å². The highest BCUT2D eigenvalue weighted by atomic mass is 19.4. The van der Waals surface area contributed by atoms with Gasteiger partial charge >= 0.3 is 6.18 Å². The van der Waals surface area contributed by atoms with Gasteiger partial charge in [-0.2, -0.15) is 13.2 Å². The van der Waals surface area contributed by atoms with Gasteiger partial charge in [-0.25, -0.2) is 9.97 Å². The number of benzene rings is 1. The van der Waals surface area contributed by atoms with Crippen LogP contribution in [0.2, 0.25) is 0 Å². The van der Waals surface area contributed by atoms with Crippen LogP contribution >= 0.6 is 0 Å². The minimum absolute atomic E-state index is 0.00919. The molecule has 1 aliphatic carbocycles. The van der Waals surface area contributed by atoms with Gasteiger partial charge < -0.3 is 5.32 Å². The number of halogens is 3. The molecule has 1 saturated carbocycles. The third-order valence-electron chi connectivity index (χ3n) is 4.13. The van der Waals surface area contributed by atoms with Crippen molar-refractivity contribution < 1.29 is 22.8 Å². The van der Waals surface area contributed by atoms with Gasteiger partial charge in [0.25, 0.3) is 5.91 Å². The van der Waals surface area contributed by atoms with E-state index in [1.807, 2.05) is 0 Å². The van der Waals surface area contributed by atoms with Crippen molar-refractivity contribution in [2.24, 2.45) is 5.92 Å². The Morgan fingerprint density at radius 2 is 1.96 bits per heavy atom. The standard InChI is InChI=1S/C18H17F3N4O2/c1-10(12-3-2-4-13(9-12)18(19,20)21)23-16(27)14-7-8-22-17(24-14)25-15(26)11-5-6-11/h2-4,7-11H,5-6H2,1H3,(H,23,27)(H,22,24,25,26). The first kappa shape index (κ1) is 18.8. The Balaban J connectivity index is 1.68. The molecule has 0 bridgehead atoms. The molecule has 142 valence electrons. The summed E-state index contributed by atoms with van der Waals surface area (Å²) in [5, 5.41) is 5.14. The number of carbonyl (C=O) groups is 2. The predicted octanol–water partition coefficient (Wildman–Crippen LogP) is 3.33. The third-order valence-corrected chi connectivity index (χ3v) is 4.13. The lowest BCUT2D eigenvalue weighted by molar-refractivity contribution is -0.137. The highest BCUT2D eigenvalue weighted by Crippen LogP contribution is 2.31. The van der Waals surface area contributed by atoms with Gasteiger partial charge in [-0.05, 0) is 43.5 Å². The molecule has 1 atom stereocenters. The van der Waals surface area contributed by atoms with E-state index < -0.39 is 23.7 Å². The number of anilines is 1. The van der Waals surface area contributed by atoms with Gasteiger partial charge in [-0.1, -0.05) is 12.1 Å². The number of rotatable bonds is 5. The SMILES string of the molecule is CC(NC(=O)c1ccnc(NC(=O)C2CC2)n1)c1cccc(C(F)(F)F)c1. The zero-order valence-corrected chi connectivity index (χ0v) is 14.4. The van der Waals surface area contributed by atoms with Crippen molar-refractivity contribution in [1.82, 2.24) is 15.3 Å². The van der Waals surface area contributed by atoms with Crippen molar-refractivity contribution in [2.75, 3.05) is 5.32 Å². The molecular weight excluding hydrogens is 361 g/mol. The highest BCUT2D eigenvalue weighted by molar-refractivity contribution is 5.95. The Bertz CT molecular complexity index is 866. The van der Waals surface area contributed by atoms with Crippen LogP contribution in [0.3, 0.4) is 0 Å². The second-order valence-corrected chi connectivity index (χ2v) is 6.35. The molecule has 0 saturated heterocycles. The van der Waals surface area contributed by atoms with Gasteiger partial charge in [0.1, 0.15) is 5.69 Å². The fourth-order valence-corrected chi connectivity index (χ4v) is 2.44. The maximum absolute atomic E-state index is 12.8. The van der Waals surface area contributed by atoms with Gasteiger partial charge in [-0.15, -0.1) is 0 Å². The minimum atomic E-state index is -4.46. The zero-order chi connectivity index (χ0) is 19.6. The van der Waals surface area contributed by atoms with E-state index in [1.54, 1.807) is 6.92 Å². The summed E-state index contributed by atoms with van der Waals surface area (Å²) in [5.74, 6) is -0.785. The van der Waals surface area contributed by atoms with E-state index in [-0.39, 0.29) is 23.5 Å². The Kier molecular flexibility index (Phi) is 5.11. The average molecular weight is 378 g/mol. The maximum atomic E-state index is 12.8. The Hall–Kier alpha value is -2.97. The van der Waals surface area contributed by atoms with Crippen LogP contribution in [0.4, 0.5) is 19.1 Å². The van der Waals surface area contributed by atoms with Crippen molar-refractivity contribution in [1.29, 1.82) is 0 Å². The van der Waals surface area contributed by atoms with E-state index in [4.69, 9.17) is 0 Å². The van der Waals surface area contributed by atoms with Crippen LogP contribution < -0.4 is 10.6 Å². The summed E-state index contributed by atoms with van der Waals surface area (Å²) in [4.78, 5) is 32.0. The molecule has 1 aromatic heterocycles. The Morgan fingerprint density at radius 1 is 1.22 bits per heavy atom. The Morgan fingerprint density at radius 3 is 2.63 bits per heavy atom. The number of amides is 2. The van der Waals surface area contributed by atoms with Crippen molar-refractivity contribution >= 4 is 17.8 Å². The molecule has 9 heteroatoms. The van der Waals surface area contributed by atoms with Crippen molar-refractivity contribution in [2.45, 2.75) is 32.0 Å². The summed E-state index contributed by atoms with van der Waals surface area (Å²) in [6, 6.07) is 5.45. The molecule has 0 aliphatic heterocycles. The molecular formula is C18H17F3N4O2. The lowest BCUT2D eigenvalue weighted by Gasteiger charge is -2.16. The van der Waals surface area contributed by atoms with Crippen LogP contribution in [0.1, 0.15) is 47.4 Å². The fourth-order valence-electron chi connectivity index (χ4n) is 2.44. The predicted molar refractivity (Wildman–Crippen MR) is 90.7 cm³/mol. The first-order valence-corrected chi connectivity index (χ1v) is 8.36. The fraction of sp³-hybridized carbons (Fsp3) is 0.333. The lowest BCUT2D eigenvalue weighted by atomic mass is 10.0. The largest absolute Gasteiger partial charge is 0.416 e. The number of nitrogens with one attached hydrogen (secondary N) is 2. The molecule has 3 rings (SSSR count). The minimum Gasteiger partial charge on any atom is -0.344 e. The first-order valence-electron chi connectivity index (χ1n) is 8.36. The topological polar surface area (TPSA) is 84.0 Å². The van der Waals surface area contributed by atoms with Gasteiger partial charge in [0.05, 0.1) is 11.6 Å². The second kappa shape index (κ2) is 7.34. The second-order valence-electron chi connectivity index (χ2n) is 6.35. The van der Waals surface area contributed by atoms with Crippen LogP contribution in [0.15, 0.2) is 36.5 Å². The molecule has 6 nitrogen and oxygen atoms in total. The smallest absolute Gasteiger partial charge is 0.344 e. The number of hydrogen-bond donors (Lipinski definition) is 2. The lowest BCUT2D eigenvalue weighted by Crippen LogP contribution is -2.28. The van der Waals surface area contributed by atoms with E-state index in [9.17, 15) is 22.8 Å². The van der Waals surface area contributed by atoms with E-state index in [2.05, 4.69) is 20.6 Å². The summed E-state index contributed by atoms with van der Waals surface area (Å²) in [7, 11) is 0. The van der Waals surface area contributed by atoms with E-state index in [1.165, 1.54) is 24.4 Å². The van der Waals surface area contributed by atoms with Crippen molar-refractivity contribution in [3.8, 4) is 0 Å². The summed E-state index contributed by atoms with van der Waals surface area (Å²) in [6.07, 6.45) is -1.48. The molecule has 1 fully saturated rings. The molecule has 1 aromatic carbocycles. The number of carbonyl (C=O) groups excluding carboxylic acids is 2. The molecule has 0 spiro atoms. The molecule has 1 aliphatic rings. The molecule has 2 amide bonds. The van der Waals surface area contributed by atoms with Gasteiger partial charge in [0.15, 0.2) is 0 Å². The van der Waals surface area contributed by atoms with Crippen LogP contribution in [0, 0.1) is 5.92 Å². The highest BCUT2D eigenvalue weighted by Gasteiger charge is 2.31. The van der Waals surface area contributed by atoms with Crippen molar-refractivity contribution in [3.05, 3.63) is 53.3 Å². The zero-order valence-electron chi connectivity index (χ0n) is 14.4. The van der Waals surface area contributed by atoms with Crippen molar-refractivity contribution in [3.63, 3.8) is 0 Å². The maximum Gasteiger partial charge on any atom is 0.416 e. The van der Waals surface area contributed by atoms with Crippen LogP contribution in [-0.4, -0.2) is 21.8 Å². The van der Waals surface area contributed by atoms with Crippen LogP contribution in [0.25, 0.3) is 0 Å². The normalized spacial score (nSPS) is 15.1. The quantitative estimate of drug-likeness (QED) is 0.836. The summed E-state index contributed by atoms with van der Waals surface area (Å²) >= 11 is 0. The monoisotopic (exact) mass is 378 g/mol. The molecule has 0 radical (unpaired) electrons. The van der Waals surface area contributed by atoms with Gasteiger partial charge in [0, 0.05) is 12.1 Å². The summed E-state index contributed by atoms with van der Waals surface area (Å²) in [6.45, 7) is 1.57. The van der Waals surface area contributed by atoms with Crippen LogP contribution in [-0.2, 0) is 11.0 Å². The van der Waals surface area contributed by atoms with E-state index in [0.717, 1.165) is 25.0 Å². The molecule has 1 heterocycles. The van der Waals surface area contributed by atoms with E-state index in [0.29, 0.717) is 5.56 Å².